The van der Waals surface area contributed by atoms with Crippen LogP contribution in [0.3, 0.4) is 0 Å². The smallest absolute Gasteiger partial charge is 0.123 e. The predicted octanol–water partition coefficient (Wildman–Crippen LogP) is 3.78. The summed E-state index contributed by atoms with van der Waals surface area (Å²) < 4.78 is 12.9. The van der Waals surface area contributed by atoms with Crippen LogP contribution in [0.2, 0.25) is 0 Å². The third kappa shape index (κ3) is 2.65. The summed E-state index contributed by atoms with van der Waals surface area (Å²) in [6.07, 6.45) is 0. The molecule has 0 saturated heterocycles. The Hall–Kier alpha value is -1.12. The van der Waals surface area contributed by atoms with E-state index in [1.165, 1.54) is 23.9 Å². The minimum absolute atomic E-state index is 0.0938. The van der Waals surface area contributed by atoms with Gasteiger partial charge in [0.05, 0.1) is 26.0 Å². The maximum absolute atomic E-state index is 12.9. The van der Waals surface area contributed by atoms with Gasteiger partial charge in [-0.05, 0) is 31.5 Å². The lowest BCUT2D eigenvalue weighted by atomic mass is 10.1. The third-order valence-electron chi connectivity index (χ3n) is 2.58. The molecule has 1 aliphatic rings. The van der Waals surface area contributed by atoms with Crippen LogP contribution < -0.4 is 5.73 Å². The highest BCUT2D eigenvalue weighted by Crippen LogP contribution is 2.55. The van der Waals surface area contributed by atoms with Gasteiger partial charge in [-0.25, -0.2) is 4.39 Å². The molecule has 1 heterocycles. The molecule has 0 spiro atoms. The van der Waals surface area contributed by atoms with E-state index in [1.54, 1.807) is 23.9 Å². The normalized spacial score (nSPS) is 22.7. The SMILES string of the molecule is CC1(C)SC(N)=C(C#N)C(c2ccc(F)cc2)S1. The second-order valence-corrected chi connectivity index (χ2v) is 8.09. The second-order valence-electron chi connectivity index (χ2n) is 4.44. The molecule has 0 radical (unpaired) electrons. The molecule has 1 aliphatic heterocycles. The highest BCUT2D eigenvalue weighted by molar-refractivity contribution is 8.20. The van der Waals surface area contributed by atoms with Gasteiger partial charge in [-0.1, -0.05) is 23.9 Å². The molecule has 0 fully saturated rings. The largest absolute Gasteiger partial charge is 0.393 e. The molecular formula is C13H13FN2S2. The maximum atomic E-state index is 12.9. The summed E-state index contributed by atoms with van der Waals surface area (Å²) >= 11 is 3.17. The van der Waals surface area contributed by atoms with Gasteiger partial charge in [0, 0.05) is 0 Å². The molecule has 0 amide bonds. The number of nitrogens with zero attached hydrogens (tertiary/aromatic N) is 1. The van der Waals surface area contributed by atoms with Gasteiger partial charge in [-0.2, -0.15) is 5.26 Å². The second kappa shape index (κ2) is 4.87. The first-order chi connectivity index (χ1) is 8.43. The molecule has 5 heteroatoms. The van der Waals surface area contributed by atoms with Gasteiger partial charge in [0.1, 0.15) is 5.82 Å². The Morgan fingerprint density at radius 1 is 1.33 bits per heavy atom. The summed E-state index contributed by atoms with van der Waals surface area (Å²) in [5.74, 6) is -0.274. The Bertz CT molecular complexity index is 529. The summed E-state index contributed by atoms with van der Waals surface area (Å²) in [6, 6.07) is 8.42. The van der Waals surface area contributed by atoms with Crippen molar-refractivity contribution in [2.24, 2.45) is 5.73 Å². The number of rotatable bonds is 1. The van der Waals surface area contributed by atoms with Crippen molar-refractivity contribution in [2.75, 3.05) is 0 Å². The average Bonchev–Trinajstić information content (AvgIpc) is 2.28. The van der Waals surface area contributed by atoms with Gasteiger partial charge < -0.3 is 5.73 Å². The minimum atomic E-state index is -0.274. The zero-order valence-electron chi connectivity index (χ0n) is 10.1. The molecule has 1 unspecified atom stereocenters. The lowest BCUT2D eigenvalue weighted by Gasteiger charge is -2.34. The molecule has 1 aromatic carbocycles. The summed E-state index contributed by atoms with van der Waals surface area (Å²) in [4.78, 5) is 0. The molecule has 18 heavy (non-hydrogen) atoms. The van der Waals surface area contributed by atoms with Crippen LogP contribution in [0.4, 0.5) is 4.39 Å². The van der Waals surface area contributed by atoms with E-state index in [2.05, 4.69) is 19.9 Å². The Kier molecular flexibility index (Phi) is 3.60. The number of hydrogen-bond donors (Lipinski definition) is 1. The fraction of sp³-hybridized carbons (Fsp3) is 0.308. The Balaban J connectivity index is 2.45. The third-order valence-corrected chi connectivity index (χ3v) is 5.36. The number of thioether (sulfide) groups is 2. The first kappa shape index (κ1) is 13.3. The molecule has 1 aromatic rings. The minimum Gasteiger partial charge on any atom is -0.393 e. The van der Waals surface area contributed by atoms with Crippen molar-refractivity contribution in [1.82, 2.24) is 0 Å². The summed E-state index contributed by atoms with van der Waals surface area (Å²) in [5, 5.41) is 9.68. The monoisotopic (exact) mass is 280 g/mol. The molecule has 0 aliphatic carbocycles. The lowest BCUT2D eigenvalue weighted by molar-refractivity contribution is 0.627. The Morgan fingerprint density at radius 2 is 1.94 bits per heavy atom. The maximum Gasteiger partial charge on any atom is 0.123 e. The van der Waals surface area contributed by atoms with Gasteiger partial charge in [-0.3, -0.25) is 0 Å². The number of nitriles is 1. The molecule has 1 atom stereocenters. The molecular weight excluding hydrogens is 267 g/mol. The van der Waals surface area contributed by atoms with E-state index in [9.17, 15) is 9.65 Å². The summed E-state index contributed by atoms with van der Waals surface area (Å²) in [7, 11) is 0. The lowest BCUT2D eigenvalue weighted by Crippen LogP contribution is -2.22. The van der Waals surface area contributed by atoms with Gasteiger partial charge in [0.15, 0.2) is 0 Å². The average molecular weight is 280 g/mol. The van der Waals surface area contributed by atoms with Crippen molar-refractivity contribution in [1.29, 1.82) is 5.26 Å². The Morgan fingerprint density at radius 3 is 2.50 bits per heavy atom. The Labute approximate surface area is 114 Å². The molecule has 2 N–H and O–H groups in total. The molecule has 0 aromatic heterocycles. The predicted molar refractivity (Wildman–Crippen MR) is 75.2 cm³/mol. The first-order valence-corrected chi connectivity index (χ1v) is 7.14. The van der Waals surface area contributed by atoms with E-state index in [0.717, 1.165) is 5.56 Å². The molecule has 0 saturated carbocycles. The van der Waals surface area contributed by atoms with E-state index in [4.69, 9.17) is 5.73 Å². The van der Waals surface area contributed by atoms with Crippen LogP contribution in [-0.4, -0.2) is 4.08 Å². The molecule has 0 bridgehead atoms. The van der Waals surface area contributed by atoms with E-state index in [-0.39, 0.29) is 15.1 Å². The molecule has 2 nitrogen and oxygen atoms in total. The van der Waals surface area contributed by atoms with Crippen molar-refractivity contribution in [2.45, 2.75) is 23.2 Å². The van der Waals surface area contributed by atoms with E-state index < -0.39 is 0 Å². The molecule has 2 rings (SSSR count). The van der Waals surface area contributed by atoms with Crippen LogP contribution in [0, 0.1) is 17.1 Å². The zero-order chi connectivity index (χ0) is 13.3. The number of hydrogen-bond acceptors (Lipinski definition) is 4. The van der Waals surface area contributed by atoms with E-state index in [0.29, 0.717) is 10.6 Å². The highest BCUT2D eigenvalue weighted by Gasteiger charge is 2.35. The van der Waals surface area contributed by atoms with Crippen molar-refractivity contribution in [3.63, 3.8) is 0 Å². The van der Waals surface area contributed by atoms with Gasteiger partial charge in [0.2, 0.25) is 0 Å². The van der Waals surface area contributed by atoms with Crippen LogP contribution in [0.15, 0.2) is 34.9 Å². The van der Waals surface area contributed by atoms with Crippen molar-refractivity contribution in [3.8, 4) is 6.07 Å². The summed E-state index contributed by atoms with van der Waals surface area (Å²) in [5.41, 5.74) is 7.43. The zero-order valence-corrected chi connectivity index (χ0v) is 11.7. The van der Waals surface area contributed by atoms with Crippen LogP contribution in [-0.2, 0) is 0 Å². The van der Waals surface area contributed by atoms with Crippen LogP contribution in [0.25, 0.3) is 0 Å². The van der Waals surface area contributed by atoms with Crippen LogP contribution >= 0.6 is 23.5 Å². The quantitative estimate of drug-likeness (QED) is 0.850. The number of nitrogens with two attached hydrogens (primary N) is 1. The summed E-state index contributed by atoms with van der Waals surface area (Å²) in [6.45, 7) is 4.14. The topological polar surface area (TPSA) is 49.8 Å². The van der Waals surface area contributed by atoms with Gasteiger partial charge in [-0.15, -0.1) is 11.8 Å². The van der Waals surface area contributed by atoms with Crippen LogP contribution in [0.5, 0.6) is 0 Å². The fourth-order valence-corrected chi connectivity index (χ4v) is 4.59. The van der Waals surface area contributed by atoms with Crippen LogP contribution in [0.1, 0.15) is 24.7 Å². The van der Waals surface area contributed by atoms with Crippen molar-refractivity contribution < 1.29 is 4.39 Å². The van der Waals surface area contributed by atoms with Crippen molar-refractivity contribution in [3.05, 3.63) is 46.2 Å². The standard InChI is InChI=1S/C13H13FN2S2/c1-13(2)17-11(10(7-15)12(16)18-13)8-3-5-9(14)6-4-8/h3-6,11H,16H2,1-2H3. The number of halogens is 1. The van der Waals surface area contributed by atoms with Crippen molar-refractivity contribution >= 4 is 23.5 Å². The van der Waals surface area contributed by atoms with E-state index >= 15 is 0 Å². The van der Waals surface area contributed by atoms with Gasteiger partial charge in [0.25, 0.3) is 0 Å². The molecule has 94 valence electrons. The highest BCUT2D eigenvalue weighted by atomic mass is 32.2. The van der Waals surface area contributed by atoms with Gasteiger partial charge >= 0.3 is 0 Å². The number of benzene rings is 1. The van der Waals surface area contributed by atoms with E-state index in [1.807, 2.05) is 0 Å². The first-order valence-electron chi connectivity index (χ1n) is 5.45. The fourth-order valence-electron chi connectivity index (χ4n) is 1.80.